The van der Waals surface area contributed by atoms with Crippen molar-refractivity contribution in [2.24, 2.45) is 0 Å². The number of hydrogen-bond donors (Lipinski definition) is 1. The highest BCUT2D eigenvalue weighted by molar-refractivity contribution is 5.92. The Bertz CT molecular complexity index is 469. The lowest BCUT2D eigenvalue weighted by molar-refractivity contribution is -0.141. The third-order valence-corrected chi connectivity index (χ3v) is 2.40. The zero-order valence-electron chi connectivity index (χ0n) is 9.34. The molecule has 1 aromatic heterocycles. The second-order valence-corrected chi connectivity index (χ2v) is 3.40. The van der Waals surface area contributed by atoms with Crippen molar-refractivity contribution < 1.29 is 27.8 Å². The van der Waals surface area contributed by atoms with Crippen LogP contribution in [0.25, 0.3) is 0 Å². The van der Waals surface area contributed by atoms with Gasteiger partial charge >= 0.3 is 12.1 Å². The summed E-state index contributed by atoms with van der Waals surface area (Å²) < 4.78 is 42.4. The predicted octanol–water partition coefficient (Wildman–Crippen LogP) is 2.42. The Morgan fingerprint density at radius 1 is 1.29 bits per heavy atom. The highest BCUT2D eigenvalue weighted by Gasteiger charge is 2.37. The first kappa shape index (κ1) is 13.3. The van der Waals surface area contributed by atoms with Gasteiger partial charge in [0.1, 0.15) is 5.56 Å². The van der Waals surface area contributed by atoms with E-state index in [9.17, 15) is 18.0 Å². The molecule has 0 bridgehead atoms. The highest BCUT2D eigenvalue weighted by atomic mass is 19.4. The van der Waals surface area contributed by atoms with Crippen molar-refractivity contribution in [3.63, 3.8) is 0 Å². The molecule has 0 aliphatic carbocycles. The molecule has 0 aliphatic heterocycles. The molecule has 0 saturated heterocycles. The van der Waals surface area contributed by atoms with Crippen LogP contribution >= 0.6 is 0 Å². The van der Waals surface area contributed by atoms with Crippen molar-refractivity contribution in [1.29, 1.82) is 0 Å². The Morgan fingerprint density at radius 2 is 1.82 bits per heavy atom. The summed E-state index contributed by atoms with van der Waals surface area (Å²) in [6.45, 7) is 2.47. The fraction of sp³-hybridized carbons (Fsp3) is 0.400. The summed E-state index contributed by atoms with van der Waals surface area (Å²) in [5.41, 5.74) is -1.69. The van der Waals surface area contributed by atoms with Crippen LogP contribution < -0.4 is 4.74 Å². The third-order valence-electron chi connectivity index (χ3n) is 2.40. The van der Waals surface area contributed by atoms with Crippen molar-refractivity contribution in [3.05, 3.63) is 22.4 Å². The fourth-order valence-electron chi connectivity index (χ4n) is 1.44. The number of carboxylic acid groups (broad SMARTS) is 1. The zero-order valence-corrected chi connectivity index (χ0v) is 9.34. The van der Waals surface area contributed by atoms with Crippen LogP contribution in [-0.2, 0) is 6.18 Å². The second kappa shape index (κ2) is 4.23. The molecule has 1 rings (SSSR count). The topological polar surface area (TPSA) is 59.4 Å². The lowest BCUT2D eigenvalue weighted by atomic mass is 10.0. The monoisotopic (exact) mass is 249 g/mol. The molecule has 1 heterocycles. The molecule has 0 unspecified atom stereocenters. The van der Waals surface area contributed by atoms with Crippen LogP contribution in [0.3, 0.4) is 0 Å². The van der Waals surface area contributed by atoms with Gasteiger partial charge in [0.25, 0.3) is 0 Å². The van der Waals surface area contributed by atoms with E-state index in [-0.39, 0.29) is 16.7 Å². The molecule has 0 aliphatic rings. The lowest BCUT2D eigenvalue weighted by Crippen LogP contribution is -2.16. The Balaban J connectivity index is 3.63. The molecular weight excluding hydrogens is 239 g/mol. The van der Waals surface area contributed by atoms with Crippen LogP contribution in [0.15, 0.2) is 0 Å². The zero-order chi connectivity index (χ0) is 13.4. The summed E-state index contributed by atoms with van der Waals surface area (Å²) in [5.74, 6) is -1.91. The number of rotatable bonds is 2. The molecule has 0 radical (unpaired) electrons. The Morgan fingerprint density at radius 3 is 2.18 bits per heavy atom. The first-order chi connectivity index (χ1) is 7.70. The molecular formula is C10H10F3NO3. The number of ether oxygens (including phenoxy) is 1. The van der Waals surface area contributed by atoms with Gasteiger partial charge in [0.05, 0.1) is 7.11 Å². The number of aromatic carboxylic acids is 1. The molecule has 4 nitrogen and oxygen atoms in total. The van der Waals surface area contributed by atoms with Crippen LogP contribution in [0, 0.1) is 13.8 Å². The number of pyridine rings is 1. The van der Waals surface area contributed by atoms with Crippen LogP contribution in [0.4, 0.5) is 13.2 Å². The largest absolute Gasteiger partial charge is 0.480 e. The molecule has 1 aromatic rings. The third kappa shape index (κ3) is 2.32. The summed E-state index contributed by atoms with van der Waals surface area (Å²) in [6.07, 6.45) is -4.64. The lowest BCUT2D eigenvalue weighted by Gasteiger charge is -2.15. The van der Waals surface area contributed by atoms with Crippen molar-refractivity contribution in [1.82, 2.24) is 4.98 Å². The summed E-state index contributed by atoms with van der Waals surface area (Å²) in [7, 11) is 1.07. The SMILES string of the molecule is COc1nc(C(F)(F)F)c(C)c(C)c1C(=O)O. The second-order valence-electron chi connectivity index (χ2n) is 3.40. The first-order valence-corrected chi connectivity index (χ1v) is 4.55. The van der Waals surface area contributed by atoms with Gasteiger partial charge in [-0.3, -0.25) is 0 Å². The quantitative estimate of drug-likeness (QED) is 0.874. The van der Waals surface area contributed by atoms with E-state index in [2.05, 4.69) is 9.72 Å². The maximum atomic E-state index is 12.6. The minimum atomic E-state index is -4.64. The Labute approximate surface area is 95.0 Å². The van der Waals surface area contributed by atoms with Crippen LogP contribution in [-0.4, -0.2) is 23.2 Å². The van der Waals surface area contributed by atoms with E-state index in [0.717, 1.165) is 7.11 Å². The Hall–Kier alpha value is -1.79. The smallest absolute Gasteiger partial charge is 0.433 e. The molecule has 0 atom stereocenters. The molecule has 7 heteroatoms. The Kier molecular flexibility index (Phi) is 3.30. The number of carbonyl (C=O) groups is 1. The van der Waals surface area contributed by atoms with Gasteiger partial charge in [0.15, 0.2) is 5.69 Å². The van der Waals surface area contributed by atoms with E-state index >= 15 is 0 Å². The van der Waals surface area contributed by atoms with Gasteiger partial charge in [-0.2, -0.15) is 13.2 Å². The summed E-state index contributed by atoms with van der Waals surface area (Å²) in [4.78, 5) is 14.1. The van der Waals surface area contributed by atoms with Gasteiger partial charge in [0, 0.05) is 0 Å². The molecule has 0 fully saturated rings. The maximum Gasteiger partial charge on any atom is 0.433 e. The number of hydrogen-bond acceptors (Lipinski definition) is 3. The van der Waals surface area contributed by atoms with Crippen LogP contribution in [0.2, 0.25) is 0 Å². The van der Waals surface area contributed by atoms with Crippen molar-refractivity contribution >= 4 is 5.97 Å². The fourth-order valence-corrected chi connectivity index (χ4v) is 1.44. The highest BCUT2D eigenvalue weighted by Crippen LogP contribution is 2.35. The van der Waals surface area contributed by atoms with Gasteiger partial charge in [0.2, 0.25) is 5.88 Å². The minimum absolute atomic E-state index is 0.00308. The average Bonchev–Trinajstić information content (AvgIpc) is 2.19. The summed E-state index contributed by atoms with van der Waals surface area (Å²) in [6, 6.07) is 0. The van der Waals surface area contributed by atoms with Gasteiger partial charge in [-0.25, -0.2) is 9.78 Å². The number of nitrogens with zero attached hydrogens (tertiary/aromatic N) is 1. The number of methoxy groups -OCH3 is 1. The minimum Gasteiger partial charge on any atom is -0.480 e. The molecule has 0 spiro atoms. The predicted molar refractivity (Wildman–Crippen MR) is 52.2 cm³/mol. The van der Waals surface area contributed by atoms with E-state index in [1.54, 1.807) is 0 Å². The summed E-state index contributed by atoms with van der Waals surface area (Å²) >= 11 is 0. The van der Waals surface area contributed by atoms with E-state index in [1.807, 2.05) is 0 Å². The van der Waals surface area contributed by atoms with E-state index in [0.29, 0.717) is 0 Å². The summed E-state index contributed by atoms with van der Waals surface area (Å²) in [5, 5.41) is 8.89. The molecule has 1 N–H and O–H groups in total. The normalized spacial score (nSPS) is 11.4. The molecule has 94 valence electrons. The number of carboxylic acids is 1. The van der Waals surface area contributed by atoms with Crippen molar-refractivity contribution in [2.45, 2.75) is 20.0 Å². The van der Waals surface area contributed by atoms with Crippen LogP contribution in [0.5, 0.6) is 5.88 Å². The van der Waals surface area contributed by atoms with Gasteiger partial charge in [-0.1, -0.05) is 0 Å². The standard InChI is InChI=1S/C10H10F3NO3/c1-4-5(2)7(10(11,12)13)14-8(17-3)6(4)9(15)16/h1-3H3,(H,15,16). The molecule has 0 saturated carbocycles. The van der Waals surface area contributed by atoms with E-state index in [1.165, 1.54) is 13.8 Å². The number of halogens is 3. The van der Waals surface area contributed by atoms with Gasteiger partial charge in [-0.05, 0) is 25.0 Å². The van der Waals surface area contributed by atoms with E-state index < -0.39 is 23.7 Å². The van der Waals surface area contributed by atoms with Crippen molar-refractivity contribution in [3.8, 4) is 5.88 Å². The van der Waals surface area contributed by atoms with Gasteiger partial charge < -0.3 is 9.84 Å². The van der Waals surface area contributed by atoms with Gasteiger partial charge in [-0.15, -0.1) is 0 Å². The number of alkyl halides is 3. The maximum absolute atomic E-state index is 12.6. The van der Waals surface area contributed by atoms with Crippen LogP contribution in [0.1, 0.15) is 27.2 Å². The average molecular weight is 249 g/mol. The number of aromatic nitrogens is 1. The molecule has 0 aromatic carbocycles. The molecule has 0 amide bonds. The van der Waals surface area contributed by atoms with E-state index in [4.69, 9.17) is 5.11 Å². The first-order valence-electron chi connectivity index (χ1n) is 4.55. The van der Waals surface area contributed by atoms with Crippen molar-refractivity contribution in [2.75, 3.05) is 7.11 Å². The molecule has 17 heavy (non-hydrogen) atoms.